The van der Waals surface area contributed by atoms with Crippen molar-refractivity contribution in [2.75, 3.05) is 20.2 Å². The largest absolute Gasteiger partial charge is 0.420 e. The Morgan fingerprint density at radius 1 is 0.929 bits per heavy atom. The standard InChI is InChI=1S/C10H26N2OSi/c1-13-14(2,9-5-3-7-11)10-6-4-8-12/h3-12H2,1-2H3. The van der Waals surface area contributed by atoms with E-state index < -0.39 is 8.32 Å². The first-order valence-corrected chi connectivity index (χ1v) is 8.46. The van der Waals surface area contributed by atoms with Crippen LogP contribution in [0.1, 0.15) is 25.7 Å². The van der Waals surface area contributed by atoms with Gasteiger partial charge in [0.2, 0.25) is 0 Å². The van der Waals surface area contributed by atoms with Crippen LogP contribution >= 0.6 is 0 Å². The zero-order valence-corrected chi connectivity index (χ0v) is 10.7. The summed E-state index contributed by atoms with van der Waals surface area (Å²) < 4.78 is 5.69. The Morgan fingerprint density at radius 3 is 1.64 bits per heavy atom. The average molecular weight is 218 g/mol. The van der Waals surface area contributed by atoms with Gasteiger partial charge in [-0.1, -0.05) is 12.8 Å². The van der Waals surface area contributed by atoms with Crippen LogP contribution in [0.3, 0.4) is 0 Å². The topological polar surface area (TPSA) is 61.3 Å². The summed E-state index contributed by atoms with van der Waals surface area (Å²) in [4.78, 5) is 0. The molecule has 0 heterocycles. The van der Waals surface area contributed by atoms with Gasteiger partial charge in [0.1, 0.15) is 0 Å². The van der Waals surface area contributed by atoms with Crippen molar-refractivity contribution in [3.05, 3.63) is 0 Å². The maximum absolute atomic E-state index is 5.69. The van der Waals surface area contributed by atoms with Crippen LogP contribution in [-0.4, -0.2) is 28.5 Å². The van der Waals surface area contributed by atoms with Gasteiger partial charge in [-0.25, -0.2) is 0 Å². The molecule has 0 unspecified atom stereocenters. The Morgan fingerprint density at radius 2 is 1.36 bits per heavy atom. The molecule has 3 nitrogen and oxygen atoms in total. The van der Waals surface area contributed by atoms with Crippen molar-refractivity contribution in [2.45, 2.75) is 44.3 Å². The Hall–Kier alpha value is 0.0969. The molecule has 14 heavy (non-hydrogen) atoms. The highest BCUT2D eigenvalue weighted by atomic mass is 28.4. The molecule has 0 aromatic rings. The van der Waals surface area contributed by atoms with Crippen LogP contribution < -0.4 is 11.5 Å². The molecular weight excluding hydrogens is 192 g/mol. The summed E-state index contributed by atoms with van der Waals surface area (Å²) in [5.74, 6) is 0. The van der Waals surface area contributed by atoms with E-state index in [1.54, 1.807) is 0 Å². The maximum Gasteiger partial charge on any atom is 0.189 e. The molecule has 0 fully saturated rings. The second-order valence-electron chi connectivity index (χ2n) is 4.15. The summed E-state index contributed by atoms with van der Waals surface area (Å²) >= 11 is 0. The molecule has 0 atom stereocenters. The first kappa shape index (κ1) is 14.1. The summed E-state index contributed by atoms with van der Waals surface area (Å²) in [7, 11) is 0.449. The van der Waals surface area contributed by atoms with Gasteiger partial charge in [0.25, 0.3) is 0 Å². The lowest BCUT2D eigenvalue weighted by atomic mass is 10.3. The number of rotatable bonds is 9. The normalized spacial score (nSPS) is 12.0. The molecule has 0 aliphatic carbocycles. The lowest BCUT2D eigenvalue weighted by Crippen LogP contribution is -2.33. The third kappa shape index (κ3) is 6.54. The lowest BCUT2D eigenvalue weighted by Gasteiger charge is -2.25. The van der Waals surface area contributed by atoms with Gasteiger partial charge in [-0.2, -0.15) is 0 Å². The summed E-state index contributed by atoms with van der Waals surface area (Å²) in [6.45, 7) is 3.92. The first-order chi connectivity index (χ1) is 6.68. The fourth-order valence-corrected chi connectivity index (χ4v) is 4.27. The molecule has 0 spiro atoms. The predicted octanol–water partition coefficient (Wildman–Crippen LogP) is 1.69. The molecule has 0 bridgehead atoms. The first-order valence-electron chi connectivity index (χ1n) is 5.64. The fourth-order valence-electron chi connectivity index (χ4n) is 1.62. The number of hydrogen-bond acceptors (Lipinski definition) is 3. The Balaban J connectivity index is 3.67. The van der Waals surface area contributed by atoms with E-state index >= 15 is 0 Å². The highest BCUT2D eigenvalue weighted by molar-refractivity contribution is 6.72. The quantitative estimate of drug-likeness (QED) is 0.457. The molecule has 0 amide bonds. The van der Waals surface area contributed by atoms with E-state index in [1.165, 1.54) is 24.9 Å². The minimum absolute atomic E-state index is 0.803. The molecular formula is C10H26N2OSi. The van der Waals surface area contributed by atoms with Gasteiger partial charge in [0.15, 0.2) is 8.32 Å². The third-order valence-corrected chi connectivity index (χ3v) is 6.62. The predicted molar refractivity (Wildman–Crippen MR) is 64.8 cm³/mol. The van der Waals surface area contributed by atoms with Crippen LogP contribution in [0.4, 0.5) is 0 Å². The van der Waals surface area contributed by atoms with Crippen molar-refractivity contribution in [1.82, 2.24) is 0 Å². The highest BCUT2D eigenvalue weighted by Gasteiger charge is 2.25. The molecule has 86 valence electrons. The van der Waals surface area contributed by atoms with Crippen LogP contribution in [0.5, 0.6) is 0 Å². The Labute approximate surface area is 89.3 Å². The van der Waals surface area contributed by atoms with Crippen molar-refractivity contribution < 1.29 is 4.43 Å². The highest BCUT2D eigenvalue weighted by Crippen LogP contribution is 2.21. The number of unbranched alkanes of at least 4 members (excludes halogenated alkanes) is 2. The van der Waals surface area contributed by atoms with Crippen molar-refractivity contribution >= 4 is 8.32 Å². The second kappa shape index (κ2) is 8.41. The smallest absolute Gasteiger partial charge is 0.189 e. The van der Waals surface area contributed by atoms with E-state index in [0.29, 0.717) is 0 Å². The van der Waals surface area contributed by atoms with Crippen LogP contribution in [0, 0.1) is 0 Å². The molecule has 0 radical (unpaired) electrons. The van der Waals surface area contributed by atoms with Crippen molar-refractivity contribution in [3.63, 3.8) is 0 Å². The fraction of sp³-hybridized carbons (Fsp3) is 1.00. The van der Waals surface area contributed by atoms with E-state index in [9.17, 15) is 0 Å². The summed E-state index contributed by atoms with van der Waals surface area (Å²) in [5, 5.41) is 0. The third-order valence-electron chi connectivity index (χ3n) is 2.81. The average Bonchev–Trinajstić information content (AvgIpc) is 2.19. The molecule has 0 saturated carbocycles. The molecule has 0 aromatic carbocycles. The van der Waals surface area contributed by atoms with Crippen LogP contribution in [-0.2, 0) is 4.43 Å². The molecule has 4 N–H and O–H groups in total. The Bertz CT molecular complexity index is 123. The minimum Gasteiger partial charge on any atom is -0.420 e. The summed E-state index contributed by atoms with van der Waals surface area (Å²) in [6.07, 6.45) is 4.69. The molecule has 0 aliphatic rings. The van der Waals surface area contributed by atoms with Crippen molar-refractivity contribution in [3.8, 4) is 0 Å². The van der Waals surface area contributed by atoms with E-state index in [-0.39, 0.29) is 0 Å². The van der Waals surface area contributed by atoms with Gasteiger partial charge in [0.05, 0.1) is 0 Å². The monoisotopic (exact) mass is 218 g/mol. The zero-order valence-electron chi connectivity index (χ0n) is 9.72. The van der Waals surface area contributed by atoms with E-state index in [1.807, 2.05) is 7.11 Å². The van der Waals surface area contributed by atoms with Crippen LogP contribution in [0.2, 0.25) is 18.6 Å². The van der Waals surface area contributed by atoms with Crippen molar-refractivity contribution in [2.24, 2.45) is 11.5 Å². The number of hydrogen-bond donors (Lipinski definition) is 2. The van der Waals surface area contributed by atoms with Gasteiger partial charge in [-0.3, -0.25) is 0 Å². The van der Waals surface area contributed by atoms with Gasteiger partial charge in [0, 0.05) is 7.11 Å². The van der Waals surface area contributed by atoms with Gasteiger partial charge < -0.3 is 15.9 Å². The maximum atomic E-state index is 5.69. The van der Waals surface area contributed by atoms with Crippen molar-refractivity contribution in [1.29, 1.82) is 0 Å². The molecule has 0 rings (SSSR count). The minimum atomic E-state index is -1.41. The van der Waals surface area contributed by atoms with Crippen LogP contribution in [0.15, 0.2) is 0 Å². The second-order valence-corrected chi connectivity index (χ2v) is 8.45. The molecule has 0 aliphatic heterocycles. The van der Waals surface area contributed by atoms with Gasteiger partial charge in [-0.05, 0) is 44.6 Å². The number of nitrogens with two attached hydrogens (primary N) is 2. The van der Waals surface area contributed by atoms with E-state index in [2.05, 4.69) is 6.55 Å². The van der Waals surface area contributed by atoms with Gasteiger partial charge in [-0.15, -0.1) is 0 Å². The van der Waals surface area contributed by atoms with E-state index in [4.69, 9.17) is 15.9 Å². The SMILES string of the molecule is CO[Si](C)(CCCCN)CCCCN. The zero-order chi connectivity index (χ0) is 10.9. The van der Waals surface area contributed by atoms with Gasteiger partial charge >= 0.3 is 0 Å². The Kier molecular flexibility index (Phi) is 8.47. The molecule has 4 heteroatoms. The van der Waals surface area contributed by atoms with Crippen LogP contribution in [0.25, 0.3) is 0 Å². The molecule has 0 saturated heterocycles. The summed E-state index contributed by atoms with van der Waals surface area (Å²) in [6, 6.07) is 2.48. The molecule has 0 aromatic heterocycles. The lowest BCUT2D eigenvalue weighted by molar-refractivity contribution is 0.392. The van der Waals surface area contributed by atoms with E-state index in [0.717, 1.165) is 25.9 Å². The summed E-state index contributed by atoms with van der Waals surface area (Å²) in [5.41, 5.74) is 11.0.